The molecule has 1 heterocycles. The second-order valence-electron chi connectivity index (χ2n) is 9.87. The second-order valence-corrected chi connectivity index (χ2v) is 12.8. The van der Waals surface area contributed by atoms with Crippen LogP contribution in [-0.2, 0) is 9.59 Å². The molecule has 0 spiro atoms. The zero-order valence-corrected chi connectivity index (χ0v) is 27.3. The first-order valence-corrected chi connectivity index (χ1v) is 16.5. The summed E-state index contributed by atoms with van der Waals surface area (Å²) in [7, 11) is 2.94. The number of aliphatic carboxylic acids is 1. The molecule has 3 aromatic carbocycles. The van der Waals surface area contributed by atoms with Crippen molar-refractivity contribution in [3.63, 3.8) is 0 Å². The topological polar surface area (TPSA) is 230 Å². The van der Waals surface area contributed by atoms with Gasteiger partial charge >= 0.3 is 17.9 Å². The average Bonchev–Trinajstić information content (AvgIpc) is 3.50. The molecule has 2 N–H and O–H groups in total. The van der Waals surface area contributed by atoms with Crippen LogP contribution in [0.5, 0.6) is 11.5 Å². The van der Waals surface area contributed by atoms with Crippen LogP contribution >= 0.6 is 32.9 Å². The van der Waals surface area contributed by atoms with Crippen LogP contribution in [0, 0.1) is 24.1 Å². The van der Waals surface area contributed by atoms with Crippen LogP contribution in [0.3, 0.4) is 0 Å². The molecule has 1 atom stereocenters. The van der Waals surface area contributed by atoms with Gasteiger partial charge in [0.1, 0.15) is 27.3 Å². The average molecular weight is 726 g/mol. The Bertz CT molecular complexity index is 1980. The Kier molecular flexibility index (Phi) is 12.4. The predicted molar refractivity (Wildman–Crippen MR) is 178 cm³/mol. The molecule has 0 saturated carbocycles. The summed E-state index contributed by atoms with van der Waals surface area (Å²) in [5.74, 6) is -3.90. The Morgan fingerprint density at radius 1 is 0.898 bits per heavy atom. The Morgan fingerprint density at radius 2 is 1.57 bits per heavy atom. The fourth-order valence-electron chi connectivity index (χ4n) is 3.96. The van der Waals surface area contributed by atoms with Gasteiger partial charge in [0.05, 0.1) is 17.8 Å². The number of hydrogen-bond donors (Lipinski definition) is 2. The van der Waals surface area contributed by atoms with Gasteiger partial charge in [-0.1, -0.05) is 32.9 Å². The summed E-state index contributed by atoms with van der Waals surface area (Å²) in [6, 6.07) is 16.1. The third-order valence-electron chi connectivity index (χ3n) is 6.31. The maximum absolute atomic E-state index is 13.3. The molecule has 1 unspecified atom stereocenters. The molecule has 19 heteroatoms. The van der Waals surface area contributed by atoms with Gasteiger partial charge in [-0.15, -0.1) is 0 Å². The molecule has 252 valence electrons. The summed E-state index contributed by atoms with van der Waals surface area (Å²) in [6.07, 6.45) is -1.17. The standard InChI is InChI=1S/C30H23N5O11S3/c36-26(37)11-12-31-29(39)18-1-5-19(6-2-18)32-33-20-7-10-24(46-27(38)14-21(35(43)44)16-34(41)42)23(13-20)30(40)45-22-8-3-17(4-9-22)25-15-28(47)49-48-25/h1-10,13,15,21H,11-12,14,16H2,(H,31,39)(H,36,37). The lowest BCUT2D eigenvalue weighted by Gasteiger charge is -2.11. The van der Waals surface area contributed by atoms with Gasteiger partial charge in [0, 0.05) is 26.8 Å². The van der Waals surface area contributed by atoms with E-state index in [1.54, 1.807) is 24.3 Å². The van der Waals surface area contributed by atoms with Gasteiger partial charge in [-0.3, -0.25) is 34.6 Å². The molecule has 1 aromatic heterocycles. The van der Waals surface area contributed by atoms with Gasteiger partial charge in [-0.05, 0) is 78.4 Å². The van der Waals surface area contributed by atoms with E-state index in [0.29, 0.717) is 5.69 Å². The monoisotopic (exact) mass is 725 g/mol. The molecule has 0 bridgehead atoms. The molecule has 0 radical (unpaired) electrons. The number of carboxylic acid groups (broad SMARTS) is 1. The van der Waals surface area contributed by atoms with Crippen molar-refractivity contribution in [1.29, 1.82) is 0 Å². The second kappa shape index (κ2) is 16.9. The zero-order chi connectivity index (χ0) is 35.5. The first-order chi connectivity index (χ1) is 23.4. The predicted octanol–water partition coefficient (Wildman–Crippen LogP) is 6.26. The van der Waals surface area contributed by atoms with Crippen molar-refractivity contribution in [2.24, 2.45) is 10.2 Å². The SMILES string of the molecule is O=C(O)CCNC(=O)c1ccc(N=Nc2ccc(OC(=O)CC(C[N+](=O)[O-])[N+](=O)[O-])c(C(=O)Oc3ccc(-c4cc(=S)ss4)cc3)c2)cc1. The molecule has 16 nitrogen and oxygen atoms in total. The highest BCUT2D eigenvalue weighted by molar-refractivity contribution is 7.80. The first kappa shape index (κ1) is 36.1. The van der Waals surface area contributed by atoms with Crippen molar-refractivity contribution in [3.8, 4) is 21.9 Å². The molecule has 4 rings (SSSR count). The minimum absolute atomic E-state index is 0.0437. The molecule has 4 aromatic rings. The number of nitro groups is 2. The Morgan fingerprint density at radius 3 is 2.18 bits per heavy atom. The van der Waals surface area contributed by atoms with Gasteiger partial charge in [0.15, 0.2) is 0 Å². The Balaban J connectivity index is 1.55. The van der Waals surface area contributed by atoms with Crippen LogP contribution in [0.2, 0.25) is 0 Å². The lowest BCUT2D eigenvalue weighted by atomic mass is 10.1. The van der Waals surface area contributed by atoms with Crippen molar-refractivity contribution in [3.05, 3.63) is 108 Å². The Labute approximate surface area is 288 Å². The van der Waals surface area contributed by atoms with E-state index >= 15 is 0 Å². The number of rotatable bonds is 15. The van der Waals surface area contributed by atoms with Crippen molar-refractivity contribution in [1.82, 2.24) is 5.32 Å². The molecule has 0 fully saturated rings. The maximum atomic E-state index is 13.3. The highest BCUT2D eigenvalue weighted by Crippen LogP contribution is 2.32. The highest BCUT2D eigenvalue weighted by atomic mass is 32.9. The van der Waals surface area contributed by atoms with E-state index in [4.69, 9.17) is 26.8 Å². The number of carbonyl (C=O) groups is 4. The van der Waals surface area contributed by atoms with E-state index in [1.807, 2.05) is 6.07 Å². The summed E-state index contributed by atoms with van der Waals surface area (Å²) in [4.78, 5) is 69.8. The van der Waals surface area contributed by atoms with Crippen molar-refractivity contribution >= 4 is 68.1 Å². The number of carbonyl (C=O) groups excluding carboxylic acids is 3. The molecular formula is C30H23N5O11S3. The summed E-state index contributed by atoms with van der Waals surface area (Å²) in [5.41, 5.74) is 1.22. The molecule has 0 aliphatic carbocycles. The van der Waals surface area contributed by atoms with E-state index in [2.05, 4.69) is 15.5 Å². The number of ether oxygens (including phenoxy) is 2. The molecule has 0 saturated heterocycles. The van der Waals surface area contributed by atoms with E-state index in [1.165, 1.54) is 63.1 Å². The summed E-state index contributed by atoms with van der Waals surface area (Å²) < 4.78 is 11.5. The van der Waals surface area contributed by atoms with E-state index in [-0.39, 0.29) is 41.3 Å². The van der Waals surface area contributed by atoms with Gasteiger partial charge in [0.2, 0.25) is 0 Å². The minimum atomic E-state index is -1.85. The lowest BCUT2D eigenvalue weighted by Crippen LogP contribution is -2.32. The molecule has 0 aliphatic heterocycles. The number of nitrogens with zero attached hydrogens (tertiary/aromatic N) is 4. The number of amides is 1. The minimum Gasteiger partial charge on any atom is -0.481 e. The van der Waals surface area contributed by atoms with Crippen molar-refractivity contribution < 1.29 is 43.6 Å². The number of carboxylic acids is 1. The van der Waals surface area contributed by atoms with Crippen LogP contribution in [0.25, 0.3) is 10.4 Å². The van der Waals surface area contributed by atoms with E-state index in [9.17, 15) is 39.4 Å². The summed E-state index contributed by atoms with van der Waals surface area (Å²) in [6.45, 7) is -1.15. The normalized spacial score (nSPS) is 11.4. The fraction of sp³-hybridized carbons (Fsp3) is 0.167. The quantitative estimate of drug-likeness (QED) is 0.0263. The number of azo groups is 1. The van der Waals surface area contributed by atoms with Crippen LogP contribution < -0.4 is 14.8 Å². The smallest absolute Gasteiger partial charge is 0.347 e. The molecule has 49 heavy (non-hydrogen) atoms. The summed E-state index contributed by atoms with van der Waals surface area (Å²) in [5, 5.41) is 41.4. The number of benzene rings is 3. The number of esters is 2. The Hall–Kier alpha value is -5.79. The van der Waals surface area contributed by atoms with E-state index in [0.717, 1.165) is 14.3 Å². The van der Waals surface area contributed by atoms with Gasteiger partial charge in [0.25, 0.3) is 18.5 Å². The third-order valence-corrected chi connectivity index (χ3v) is 9.22. The van der Waals surface area contributed by atoms with Gasteiger partial charge in [-0.2, -0.15) is 10.2 Å². The van der Waals surface area contributed by atoms with E-state index < -0.39 is 52.7 Å². The van der Waals surface area contributed by atoms with Gasteiger partial charge < -0.3 is 19.9 Å². The summed E-state index contributed by atoms with van der Waals surface area (Å²) >= 11 is 5.17. The third kappa shape index (κ3) is 10.9. The largest absolute Gasteiger partial charge is 0.481 e. The highest BCUT2D eigenvalue weighted by Gasteiger charge is 2.31. The van der Waals surface area contributed by atoms with Gasteiger partial charge in [-0.25, -0.2) is 4.79 Å². The first-order valence-electron chi connectivity index (χ1n) is 13.9. The van der Waals surface area contributed by atoms with Crippen LogP contribution in [0.1, 0.15) is 33.6 Å². The molecular weight excluding hydrogens is 703 g/mol. The fourth-order valence-corrected chi connectivity index (χ4v) is 6.37. The van der Waals surface area contributed by atoms with Crippen LogP contribution in [-0.4, -0.2) is 57.9 Å². The number of hydrogen-bond acceptors (Lipinski definition) is 15. The van der Waals surface area contributed by atoms with Crippen molar-refractivity contribution in [2.45, 2.75) is 18.9 Å². The van der Waals surface area contributed by atoms with Crippen molar-refractivity contribution in [2.75, 3.05) is 13.1 Å². The zero-order valence-electron chi connectivity index (χ0n) is 24.9. The molecule has 0 aliphatic rings. The lowest BCUT2D eigenvalue weighted by molar-refractivity contribution is -0.586. The van der Waals surface area contributed by atoms with Crippen LogP contribution in [0.4, 0.5) is 11.4 Å². The van der Waals surface area contributed by atoms with Crippen LogP contribution in [0.15, 0.2) is 83.0 Å². The maximum Gasteiger partial charge on any atom is 0.347 e. The molecule has 1 amide bonds. The number of nitrogens with one attached hydrogen (secondary N) is 1.